The fraction of sp³-hybridized carbons (Fsp3) is 0. The molecule has 0 aliphatic rings. The molecule has 0 aliphatic heterocycles. The van der Waals surface area contributed by atoms with Crippen molar-refractivity contribution in [3.63, 3.8) is 0 Å². The Balaban J connectivity index is 0. The van der Waals surface area contributed by atoms with Gasteiger partial charge in [-0.3, -0.25) is 0 Å². The Morgan fingerprint density at radius 1 is 0.444 bits per heavy atom. The van der Waals surface area contributed by atoms with Gasteiger partial charge < -0.3 is 60.6 Å². The molecular formula is H2CaCl4Mg2O2. The summed E-state index contributed by atoms with van der Waals surface area (Å²) < 4.78 is 0. The molecule has 48 valence electrons. The molecular weight excluding hydrogens is 262 g/mol. The van der Waals surface area contributed by atoms with Crippen LogP contribution in [0.5, 0.6) is 0 Å². The standard InChI is InChI=1S/Ca.4ClH.2Mg.2H2O/h;4*1H;;;2*1H2/q+2;;;;;2*+2;;/p-6. The summed E-state index contributed by atoms with van der Waals surface area (Å²) in [5, 5.41) is 0. The van der Waals surface area contributed by atoms with Crippen molar-refractivity contribution in [3.05, 3.63) is 0 Å². The van der Waals surface area contributed by atoms with E-state index in [1.54, 1.807) is 0 Å². The third kappa shape index (κ3) is 77.2. The van der Waals surface area contributed by atoms with Crippen LogP contribution < -0.4 is 49.6 Å². The summed E-state index contributed by atoms with van der Waals surface area (Å²) in [6.45, 7) is 0. The van der Waals surface area contributed by atoms with Gasteiger partial charge in [0, 0.05) is 0 Å². The zero-order chi connectivity index (χ0) is 0. The van der Waals surface area contributed by atoms with Gasteiger partial charge in [-0.2, -0.15) is 0 Å². The van der Waals surface area contributed by atoms with Gasteiger partial charge in [-0.1, -0.05) is 0 Å². The fourth-order valence-corrected chi connectivity index (χ4v) is 0. The van der Waals surface area contributed by atoms with E-state index in [0.29, 0.717) is 0 Å². The zero-order valence-electron chi connectivity index (χ0n) is 4.53. The van der Waals surface area contributed by atoms with Gasteiger partial charge >= 0.3 is 83.8 Å². The predicted molar refractivity (Wildman–Crippen MR) is 21.1 cm³/mol. The van der Waals surface area contributed by atoms with Gasteiger partial charge in [0.2, 0.25) is 0 Å². The number of hydrogen-bond donors (Lipinski definition) is 0. The summed E-state index contributed by atoms with van der Waals surface area (Å²) in [5.74, 6) is 0. The van der Waals surface area contributed by atoms with Crippen molar-refractivity contribution < 1.29 is 60.6 Å². The fourth-order valence-electron chi connectivity index (χ4n) is 0. The summed E-state index contributed by atoms with van der Waals surface area (Å²) >= 11 is 0. The largest absolute Gasteiger partial charge is 2.00 e. The van der Waals surface area contributed by atoms with Crippen LogP contribution in [0.1, 0.15) is 0 Å². The molecule has 0 heterocycles. The van der Waals surface area contributed by atoms with E-state index < -0.39 is 0 Å². The van der Waals surface area contributed by atoms with E-state index in [9.17, 15) is 0 Å². The Kier molecular flexibility index (Phi) is 1260. The van der Waals surface area contributed by atoms with Crippen LogP contribution in [0, 0.1) is 0 Å². The van der Waals surface area contributed by atoms with Gasteiger partial charge in [-0.25, -0.2) is 0 Å². The molecule has 0 rings (SSSR count). The molecule has 0 aromatic heterocycles. The first-order chi connectivity index (χ1) is 0. The molecule has 0 radical (unpaired) electrons. The SMILES string of the molecule is [Ca+2].[Cl-].[Cl-].[Cl-].[Cl-].[Mg+2].[Mg+2].[OH-].[OH-]. The summed E-state index contributed by atoms with van der Waals surface area (Å²) in [5.41, 5.74) is 0. The van der Waals surface area contributed by atoms with Crippen molar-refractivity contribution in [2.75, 3.05) is 0 Å². The number of halogens is 4. The van der Waals surface area contributed by atoms with Crippen LogP contribution in [0.4, 0.5) is 0 Å². The van der Waals surface area contributed by atoms with Gasteiger partial charge in [0.05, 0.1) is 0 Å². The van der Waals surface area contributed by atoms with Crippen LogP contribution in [0.15, 0.2) is 0 Å². The first-order valence-corrected chi connectivity index (χ1v) is 0. The van der Waals surface area contributed by atoms with Crippen molar-refractivity contribution in [2.45, 2.75) is 0 Å². The normalized spacial score (nSPS) is 0. The van der Waals surface area contributed by atoms with Crippen molar-refractivity contribution in [3.8, 4) is 0 Å². The first-order valence-electron chi connectivity index (χ1n) is 0. The molecule has 0 spiro atoms. The third-order valence-corrected chi connectivity index (χ3v) is 0. The van der Waals surface area contributed by atoms with Crippen LogP contribution in [0.25, 0.3) is 0 Å². The molecule has 2 nitrogen and oxygen atoms in total. The van der Waals surface area contributed by atoms with Crippen LogP contribution in [0.3, 0.4) is 0 Å². The van der Waals surface area contributed by atoms with Gasteiger partial charge in [0.15, 0.2) is 0 Å². The van der Waals surface area contributed by atoms with Gasteiger partial charge in [-0.05, 0) is 0 Å². The molecule has 9 heteroatoms. The van der Waals surface area contributed by atoms with E-state index in [0.717, 1.165) is 0 Å². The monoisotopic (exact) mass is 262 g/mol. The average molecular weight is 265 g/mol. The molecule has 0 aromatic carbocycles. The minimum absolute atomic E-state index is 0. The van der Waals surface area contributed by atoms with E-state index in [-0.39, 0.29) is 144 Å². The van der Waals surface area contributed by atoms with Gasteiger partial charge in [-0.15, -0.1) is 0 Å². The molecule has 0 atom stereocenters. The van der Waals surface area contributed by atoms with Gasteiger partial charge in [0.1, 0.15) is 0 Å². The predicted octanol–water partition coefficient (Wildman–Crippen LogP) is -13.5. The minimum Gasteiger partial charge on any atom is -1.00 e. The van der Waals surface area contributed by atoms with E-state index in [1.165, 1.54) is 0 Å². The second-order valence-corrected chi connectivity index (χ2v) is 0. The molecule has 0 amide bonds. The molecule has 2 N–H and O–H groups in total. The quantitative estimate of drug-likeness (QED) is 0.408. The molecule has 0 aliphatic carbocycles. The second-order valence-electron chi connectivity index (χ2n) is 0. The Bertz CT molecular complexity index is 16.5. The summed E-state index contributed by atoms with van der Waals surface area (Å²) in [6, 6.07) is 0. The van der Waals surface area contributed by atoms with E-state index in [4.69, 9.17) is 0 Å². The maximum atomic E-state index is 0. The van der Waals surface area contributed by atoms with Crippen molar-refractivity contribution in [1.82, 2.24) is 0 Å². The third-order valence-electron chi connectivity index (χ3n) is 0. The van der Waals surface area contributed by atoms with Crippen LogP contribution in [-0.4, -0.2) is 94.8 Å². The van der Waals surface area contributed by atoms with E-state index in [2.05, 4.69) is 0 Å². The summed E-state index contributed by atoms with van der Waals surface area (Å²) in [4.78, 5) is 0. The van der Waals surface area contributed by atoms with Crippen LogP contribution >= 0.6 is 0 Å². The van der Waals surface area contributed by atoms with Crippen molar-refractivity contribution in [2.24, 2.45) is 0 Å². The van der Waals surface area contributed by atoms with Crippen LogP contribution in [0.2, 0.25) is 0 Å². The second kappa shape index (κ2) is 93.6. The summed E-state index contributed by atoms with van der Waals surface area (Å²) in [7, 11) is 0. The molecule has 9 heavy (non-hydrogen) atoms. The van der Waals surface area contributed by atoms with Crippen LogP contribution in [-0.2, 0) is 0 Å². The Hall–Kier alpha value is 3.87. The minimum atomic E-state index is 0. The molecule has 0 unspecified atom stereocenters. The van der Waals surface area contributed by atoms with Crippen molar-refractivity contribution in [1.29, 1.82) is 0 Å². The number of hydrogen-bond acceptors (Lipinski definition) is 2. The molecule has 0 fully saturated rings. The maximum absolute atomic E-state index is 0. The molecule has 0 aromatic rings. The Morgan fingerprint density at radius 2 is 0.444 bits per heavy atom. The molecule has 0 saturated heterocycles. The summed E-state index contributed by atoms with van der Waals surface area (Å²) in [6.07, 6.45) is 0. The van der Waals surface area contributed by atoms with Gasteiger partial charge in [0.25, 0.3) is 0 Å². The first kappa shape index (κ1) is 121. The molecule has 0 saturated carbocycles. The number of rotatable bonds is 0. The molecule has 0 bridgehead atoms. The topological polar surface area (TPSA) is 60.0 Å². The van der Waals surface area contributed by atoms with Crippen molar-refractivity contribution >= 4 is 83.8 Å². The smallest absolute Gasteiger partial charge is 1.00 e. The maximum Gasteiger partial charge on any atom is 2.00 e. The van der Waals surface area contributed by atoms with E-state index >= 15 is 0 Å². The Morgan fingerprint density at radius 3 is 0.444 bits per heavy atom. The zero-order valence-corrected chi connectivity index (χ0v) is 12.6. The van der Waals surface area contributed by atoms with E-state index in [1.807, 2.05) is 0 Å². The average Bonchev–Trinajstić information content (AvgIpc) is 0. The Labute approximate surface area is 142 Å².